The maximum absolute atomic E-state index is 12.3. The third-order valence-electron chi connectivity index (χ3n) is 3.63. The maximum Gasteiger partial charge on any atom is 0.244 e. The average molecular weight is 353 g/mol. The monoisotopic (exact) mass is 352 g/mol. The molecule has 2 aromatic carbocycles. The summed E-state index contributed by atoms with van der Waals surface area (Å²) in [7, 11) is 0. The van der Waals surface area contributed by atoms with E-state index in [0.29, 0.717) is 11.6 Å². The molecule has 1 aromatic heterocycles. The molecule has 126 valence electrons. The molecular weight excluding hydrogens is 336 g/mol. The molecule has 1 heterocycles. The molecule has 0 radical (unpaired) electrons. The summed E-state index contributed by atoms with van der Waals surface area (Å²) in [6, 6.07) is 16.8. The molecule has 0 spiro atoms. The van der Waals surface area contributed by atoms with Gasteiger partial charge in [0.1, 0.15) is 0 Å². The highest BCUT2D eigenvalue weighted by Gasteiger charge is 2.14. The van der Waals surface area contributed by atoms with Crippen LogP contribution in [0.5, 0.6) is 0 Å². The number of hydrogen-bond acceptors (Lipinski definition) is 3. The molecule has 0 aliphatic carbocycles. The van der Waals surface area contributed by atoms with Gasteiger partial charge in [-0.3, -0.25) is 4.79 Å². The quantitative estimate of drug-likeness (QED) is 0.691. The Morgan fingerprint density at radius 1 is 1.08 bits per heavy atom. The summed E-state index contributed by atoms with van der Waals surface area (Å²) in [5.74, 6) is -0.184. The molecule has 1 N–H and O–H groups in total. The van der Waals surface area contributed by atoms with Crippen molar-refractivity contribution in [2.45, 2.75) is 12.6 Å². The van der Waals surface area contributed by atoms with Crippen LogP contribution in [-0.2, 0) is 11.3 Å². The third kappa shape index (κ3) is 5.02. The predicted molar refractivity (Wildman–Crippen MR) is 97.8 cm³/mol. The average Bonchev–Trinajstić information content (AvgIpc) is 3.15. The van der Waals surface area contributed by atoms with Gasteiger partial charge >= 0.3 is 0 Å². The van der Waals surface area contributed by atoms with Crippen LogP contribution in [0.1, 0.15) is 17.2 Å². The van der Waals surface area contributed by atoms with Gasteiger partial charge in [0.15, 0.2) is 0 Å². The molecule has 0 aliphatic heterocycles. The van der Waals surface area contributed by atoms with E-state index in [1.165, 1.54) is 6.08 Å². The van der Waals surface area contributed by atoms with E-state index in [-0.39, 0.29) is 11.9 Å². The largest absolute Gasteiger partial charge is 0.344 e. The molecule has 3 rings (SSSR count). The molecule has 6 heteroatoms. The van der Waals surface area contributed by atoms with Crippen LogP contribution in [0.3, 0.4) is 0 Å². The van der Waals surface area contributed by atoms with Crippen molar-refractivity contribution in [1.82, 2.24) is 20.3 Å². The first-order chi connectivity index (χ1) is 12.2. The Balaban J connectivity index is 1.70. The summed E-state index contributed by atoms with van der Waals surface area (Å²) in [6.07, 6.45) is 6.49. The molecule has 25 heavy (non-hydrogen) atoms. The van der Waals surface area contributed by atoms with E-state index in [4.69, 9.17) is 11.6 Å². The van der Waals surface area contributed by atoms with Gasteiger partial charge in [-0.2, -0.15) is 15.0 Å². The lowest BCUT2D eigenvalue weighted by Gasteiger charge is -2.17. The third-order valence-corrected chi connectivity index (χ3v) is 3.88. The molecule has 0 saturated carbocycles. The van der Waals surface area contributed by atoms with Crippen LogP contribution >= 0.6 is 11.6 Å². The van der Waals surface area contributed by atoms with Crippen LogP contribution in [0, 0.1) is 0 Å². The van der Waals surface area contributed by atoms with Crippen LogP contribution in [0.4, 0.5) is 0 Å². The zero-order valence-electron chi connectivity index (χ0n) is 13.4. The number of nitrogens with zero attached hydrogens (tertiary/aromatic N) is 3. The molecule has 0 fully saturated rings. The van der Waals surface area contributed by atoms with Gasteiger partial charge in [0.2, 0.25) is 5.91 Å². The molecule has 1 unspecified atom stereocenters. The highest BCUT2D eigenvalue weighted by atomic mass is 35.5. The summed E-state index contributed by atoms with van der Waals surface area (Å²) in [6.45, 7) is 0.456. The lowest BCUT2D eigenvalue weighted by Crippen LogP contribution is -2.30. The summed E-state index contributed by atoms with van der Waals surface area (Å²) >= 11 is 5.86. The van der Waals surface area contributed by atoms with E-state index in [9.17, 15) is 4.79 Å². The van der Waals surface area contributed by atoms with E-state index in [0.717, 1.165) is 11.1 Å². The van der Waals surface area contributed by atoms with E-state index in [1.807, 2.05) is 42.5 Å². The van der Waals surface area contributed by atoms with E-state index in [1.54, 1.807) is 35.4 Å². The number of nitrogens with one attached hydrogen (secondary N) is 1. The number of rotatable bonds is 6. The van der Waals surface area contributed by atoms with Gasteiger partial charge in [0.05, 0.1) is 25.0 Å². The number of aromatic nitrogens is 3. The molecular formula is C19H17ClN4O. The first-order valence-electron chi connectivity index (χ1n) is 7.84. The predicted octanol–water partition coefficient (Wildman–Crippen LogP) is 3.50. The zero-order valence-corrected chi connectivity index (χ0v) is 14.2. The van der Waals surface area contributed by atoms with Crippen molar-refractivity contribution in [3.63, 3.8) is 0 Å². The van der Waals surface area contributed by atoms with Gasteiger partial charge in [0, 0.05) is 11.1 Å². The number of halogens is 1. The number of carbonyl (C=O) groups is 1. The minimum absolute atomic E-state index is 0.184. The molecule has 0 aliphatic rings. The van der Waals surface area contributed by atoms with Gasteiger partial charge in [-0.1, -0.05) is 54.1 Å². The van der Waals surface area contributed by atoms with Crippen LogP contribution in [0.15, 0.2) is 73.1 Å². The Bertz CT molecular complexity index is 830. The number of benzene rings is 2. The summed E-state index contributed by atoms with van der Waals surface area (Å²) in [5.41, 5.74) is 1.90. The van der Waals surface area contributed by atoms with Crippen LogP contribution < -0.4 is 5.32 Å². The van der Waals surface area contributed by atoms with Gasteiger partial charge in [0.25, 0.3) is 0 Å². The Kier molecular flexibility index (Phi) is 5.59. The fourth-order valence-corrected chi connectivity index (χ4v) is 2.51. The van der Waals surface area contributed by atoms with Gasteiger partial charge in [-0.25, -0.2) is 0 Å². The van der Waals surface area contributed by atoms with E-state index < -0.39 is 0 Å². The molecule has 0 bridgehead atoms. The SMILES string of the molecule is O=C(/C=C/c1ccc(Cl)cc1)NC(Cn1nccn1)c1ccccc1. The topological polar surface area (TPSA) is 59.8 Å². The zero-order chi connectivity index (χ0) is 17.5. The first kappa shape index (κ1) is 16.9. The van der Waals surface area contributed by atoms with E-state index in [2.05, 4.69) is 15.5 Å². The minimum Gasteiger partial charge on any atom is -0.344 e. The van der Waals surface area contributed by atoms with Gasteiger partial charge < -0.3 is 5.32 Å². The number of hydrogen-bond donors (Lipinski definition) is 1. The lowest BCUT2D eigenvalue weighted by atomic mass is 10.1. The van der Waals surface area contributed by atoms with Crippen LogP contribution in [-0.4, -0.2) is 20.9 Å². The summed E-state index contributed by atoms with van der Waals surface area (Å²) in [5, 5.41) is 11.9. The normalized spacial score (nSPS) is 12.2. The van der Waals surface area contributed by atoms with Gasteiger partial charge in [-0.15, -0.1) is 0 Å². The van der Waals surface area contributed by atoms with Crippen molar-refractivity contribution >= 4 is 23.6 Å². The highest BCUT2D eigenvalue weighted by Crippen LogP contribution is 2.15. The van der Waals surface area contributed by atoms with Crippen molar-refractivity contribution in [2.75, 3.05) is 0 Å². The Hall–Kier alpha value is -2.92. The fraction of sp³-hybridized carbons (Fsp3) is 0.105. The summed E-state index contributed by atoms with van der Waals surface area (Å²) in [4.78, 5) is 13.9. The summed E-state index contributed by atoms with van der Waals surface area (Å²) < 4.78 is 0. The first-order valence-corrected chi connectivity index (χ1v) is 8.22. The molecule has 3 aromatic rings. The van der Waals surface area contributed by atoms with Crippen molar-refractivity contribution in [1.29, 1.82) is 0 Å². The molecule has 1 atom stereocenters. The number of carbonyl (C=O) groups excluding carboxylic acids is 1. The smallest absolute Gasteiger partial charge is 0.244 e. The van der Waals surface area contributed by atoms with Crippen LogP contribution in [0.2, 0.25) is 5.02 Å². The standard InChI is InChI=1S/C19H17ClN4O/c20-17-9-6-15(7-10-17)8-11-19(25)23-18(14-24-21-12-13-22-24)16-4-2-1-3-5-16/h1-13,18H,14H2,(H,23,25)/b11-8+. The lowest BCUT2D eigenvalue weighted by molar-refractivity contribution is -0.117. The van der Waals surface area contributed by atoms with E-state index >= 15 is 0 Å². The highest BCUT2D eigenvalue weighted by molar-refractivity contribution is 6.30. The minimum atomic E-state index is -0.226. The molecule has 0 saturated heterocycles. The molecule has 5 nitrogen and oxygen atoms in total. The van der Waals surface area contributed by atoms with Crippen molar-refractivity contribution in [2.24, 2.45) is 0 Å². The molecule has 1 amide bonds. The second-order valence-electron chi connectivity index (χ2n) is 5.44. The Morgan fingerprint density at radius 3 is 2.44 bits per heavy atom. The fourth-order valence-electron chi connectivity index (χ4n) is 2.39. The van der Waals surface area contributed by atoms with Crippen molar-refractivity contribution in [3.05, 3.63) is 89.2 Å². The Morgan fingerprint density at radius 2 is 1.76 bits per heavy atom. The second kappa shape index (κ2) is 8.26. The van der Waals surface area contributed by atoms with Crippen molar-refractivity contribution in [3.8, 4) is 0 Å². The van der Waals surface area contributed by atoms with Crippen molar-refractivity contribution < 1.29 is 4.79 Å². The Labute approximate surface area is 150 Å². The second-order valence-corrected chi connectivity index (χ2v) is 5.88. The number of amides is 1. The maximum atomic E-state index is 12.3. The van der Waals surface area contributed by atoms with Gasteiger partial charge in [-0.05, 0) is 29.3 Å². The van der Waals surface area contributed by atoms with Crippen LogP contribution in [0.25, 0.3) is 6.08 Å².